The van der Waals surface area contributed by atoms with E-state index in [0.717, 1.165) is 12.0 Å². The second kappa shape index (κ2) is 5.82. The number of rotatable bonds is 4. The second-order valence-electron chi connectivity index (χ2n) is 4.64. The van der Waals surface area contributed by atoms with Crippen molar-refractivity contribution in [1.29, 1.82) is 0 Å². The number of hydrogen-bond donors (Lipinski definition) is 0. The molecule has 5 heteroatoms. The van der Waals surface area contributed by atoms with Crippen LogP contribution in [-0.4, -0.2) is 29.9 Å². The van der Waals surface area contributed by atoms with Gasteiger partial charge in [-0.3, -0.25) is 9.59 Å². The smallest absolute Gasteiger partial charge is 0.313 e. The summed E-state index contributed by atoms with van der Waals surface area (Å²) in [7, 11) is 0. The number of nitrogens with zero attached hydrogens (tertiary/aromatic N) is 1. The largest absolute Gasteiger partial charge is 0.423 e. The number of halogens is 1. The van der Waals surface area contributed by atoms with Gasteiger partial charge in [0.1, 0.15) is 0 Å². The average molecular weight is 265 g/mol. The van der Waals surface area contributed by atoms with E-state index in [9.17, 15) is 14.0 Å². The van der Waals surface area contributed by atoms with E-state index in [-0.39, 0.29) is 18.1 Å². The number of likely N-dealkylation sites (tertiary alicyclic amines) is 1. The Balaban J connectivity index is 1.87. The molecule has 0 spiro atoms. The maximum Gasteiger partial charge on any atom is 0.313 e. The number of hydrogen-bond acceptors (Lipinski definition) is 3. The summed E-state index contributed by atoms with van der Waals surface area (Å²) in [5.41, 5.74) is 0.818. The van der Waals surface area contributed by atoms with Crippen LogP contribution in [0.25, 0.3) is 0 Å². The standard InChI is InChI=1S/C14H16FNO3/c1-10-4-5-11(15)12(9-10)19-14(18)6-8-16-7-2-3-13(16)17/h4-5,9H,2-3,6-8H2,1H3. The van der Waals surface area contributed by atoms with Crippen LogP contribution in [0.4, 0.5) is 4.39 Å². The molecule has 1 aliphatic rings. The van der Waals surface area contributed by atoms with Crippen LogP contribution < -0.4 is 4.74 Å². The quantitative estimate of drug-likeness (QED) is 0.618. The molecule has 0 radical (unpaired) electrons. The summed E-state index contributed by atoms with van der Waals surface area (Å²) in [6.45, 7) is 2.82. The highest BCUT2D eigenvalue weighted by atomic mass is 19.1. The summed E-state index contributed by atoms with van der Waals surface area (Å²) < 4.78 is 18.4. The summed E-state index contributed by atoms with van der Waals surface area (Å²) >= 11 is 0. The Morgan fingerprint density at radius 3 is 2.95 bits per heavy atom. The molecule has 0 bridgehead atoms. The number of amides is 1. The molecule has 0 aromatic heterocycles. The molecule has 0 unspecified atom stereocenters. The third kappa shape index (κ3) is 3.53. The molecule has 2 rings (SSSR count). The molecule has 1 aromatic carbocycles. The van der Waals surface area contributed by atoms with E-state index in [1.54, 1.807) is 17.9 Å². The van der Waals surface area contributed by atoms with E-state index >= 15 is 0 Å². The fourth-order valence-corrected chi connectivity index (χ4v) is 2.03. The normalized spacial score (nSPS) is 14.8. The van der Waals surface area contributed by atoms with Crippen molar-refractivity contribution in [1.82, 2.24) is 4.90 Å². The molecule has 0 aliphatic carbocycles. The number of aryl methyl sites for hydroxylation is 1. The Morgan fingerprint density at radius 1 is 1.47 bits per heavy atom. The zero-order valence-electron chi connectivity index (χ0n) is 10.8. The fourth-order valence-electron chi connectivity index (χ4n) is 2.03. The van der Waals surface area contributed by atoms with E-state index in [1.165, 1.54) is 12.1 Å². The molecule has 1 fully saturated rings. The van der Waals surface area contributed by atoms with Crippen molar-refractivity contribution in [2.45, 2.75) is 26.2 Å². The molecule has 0 saturated carbocycles. The van der Waals surface area contributed by atoms with Crippen LogP contribution in [0, 0.1) is 12.7 Å². The lowest BCUT2D eigenvalue weighted by molar-refractivity contribution is -0.135. The van der Waals surface area contributed by atoms with Gasteiger partial charge in [0.05, 0.1) is 6.42 Å². The number of ether oxygens (including phenoxy) is 1. The topological polar surface area (TPSA) is 46.6 Å². The van der Waals surface area contributed by atoms with E-state index in [1.807, 2.05) is 0 Å². The Bertz CT molecular complexity index is 501. The lowest BCUT2D eigenvalue weighted by Crippen LogP contribution is -2.28. The van der Waals surface area contributed by atoms with Crippen molar-refractivity contribution in [2.75, 3.05) is 13.1 Å². The predicted molar refractivity (Wildman–Crippen MR) is 67.2 cm³/mol. The minimum absolute atomic E-state index is 0.0576. The summed E-state index contributed by atoms with van der Waals surface area (Å²) in [5.74, 6) is -1.08. The van der Waals surface area contributed by atoms with Crippen LogP contribution >= 0.6 is 0 Å². The number of benzene rings is 1. The van der Waals surface area contributed by atoms with Crippen molar-refractivity contribution >= 4 is 11.9 Å². The van der Waals surface area contributed by atoms with E-state index < -0.39 is 11.8 Å². The third-order valence-electron chi connectivity index (χ3n) is 3.07. The molecule has 1 amide bonds. The number of carbonyl (C=O) groups excluding carboxylic acids is 2. The van der Waals surface area contributed by atoms with Crippen LogP contribution in [0.3, 0.4) is 0 Å². The maximum absolute atomic E-state index is 13.4. The lowest BCUT2D eigenvalue weighted by Gasteiger charge is -2.14. The summed E-state index contributed by atoms with van der Waals surface area (Å²) in [4.78, 5) is 24.6. The Kier molecular flexibility index (Phi) is 4.14. The van der Waals surface area contributed by atoms with Gasteiger partial charge in [-0.15, -0.1) is 0 Å². The highest BCUT2D eigenvalue weighted by Gasteiger charge is 2.21. The number of esters is 1. The number of carbonyl (C=O) groups is 2. The first-order valence-electron chi connectivity index (χ1n) is 6.31. The third-order valence-corrected chi connectivity index (χ3v) is 3.07. The predicted octanol–water partition coefficient (Wildman–Crippen LogP) is 2.05. The van der Waals surface area contributed by atoms with Crippen LogP contribution in [-0.2, 0) is 9.59 Å². The Morgan fingerprint density at radius 2 is 2.26 bits per heavy atom. The minimum atomic E-state index is -0.559. The average Bonchev–Trinajstić information content (AvgIpc) is 2.77. The second-order valence-corrected chi connectivity index (χ2v) is 4.64. The van der Waals surface area contributed by atoms with E-state index in [0.29, 0.717) is 19.5 Å². The van der Waals surface area contributed by atoms with Gasteiger partial charge in [0.25, 0.3) is 0 Å². The first-order valence-corrected chi connectivity index (χ1v) is 6.31. The van der Waals surface area contributed by atoms with Crippen molar-refractivity contribution < 1.29 is 18.7 Å². The van der Waals surface area contributed by atoms with Gasteiger partial charge in [0.15, 0.2) is 11.6 Å². The molecule has 19 heavy (non-hydrogen) atoms. The SMILES string of the molecule is Cc1ccc(F)c(OC(=O)CCN2CCCC2=O)c1. The minimum Gasteiger partial charge on any atom is -0.423 e. The molecular weight excluding hydrogens is 249 g/mol. The van der Waals surface area contributed by atoms with Gasteiger partial charge in [0.2, 0.25) is 5.91 Å². The van der Waals surface area contributed by atoms with Gasteiger partial charge in [-0.25, -0.2) is 4.39 Å². The molecular formula is C14H16FNO3. The maximum atomic E-state index is 13.4. The van der Waals surface area contributed by atoms with E-state index in [2.05, 4.69) is 0 Å². The van der Waals surface area contributed by atoms with Gasteiger partial charge in [-0.1, -0.05) is 6.07 Å². The van der Waals surface area contributed by atoms with Gasteiger partial charge in [0, 0.05) is 19.5 Å². The highest BCUT2D eigenvalue weighted by Crippen LogP contribution is 2.19. The monoisotopic (exact) mass is 265 g/mol. The first-order chi connectivity index (χ1) is 9.06. The van der Waals surface area contributed by atoms with Crippen molar-refractivity contribution in [3.63, 3.8) is 0 Å². The lowest BCUT2D eigenvalue weighted by atomic mass is 10.2. The Hall–Kier alpha value is -1.91. The van der Waals surface area contributed by atoms with Gasteiger partial charge in [-0.05, 0) is 31.0 Å². The molecule has 1 aliphatic heterocycles. The summed E-state index contributed by atoms with van der Waals surface area (Å²) in [6, 6.07) is 4.35. The van der Waals surface area contributed by atoms with E-state index in [4.69, 9.17) is 4.74 Å². The van der Waals surface area contributed by atoms with Crippen molar-refractivity contribution in [2.24, 2.45) is 0 Å². The fraction of sp³-hybridized carbons (Fsp3) is 0.429. The molecule has 102 valence electrons. The molecule has 1 saturated heterocycles. The zero-order valence-corrected chi connectivity index (χ0v) is 10.8. The van der Waals surface area contributed by atoms with Crippen molar-refractivity contribution in [3.05, 3.63) is 29.6 Å². The molecule has 0 N–H and O–H groups in total. The molecule has 1 aromatic rings. The summed E-state index contributed by atoms with van der Waals surface area (Å²) in [5, 5.41) is 0. The van der Waals surface area contributed by atoms with Gasteiger partial charge >= 0.3 is 5.97 Å². The van der Waals surface area contributed by atoms with Gasteiger partial charge < -0.3 is 9.64 Å². The van der Waals surface area contributed by atoms with Crippen molar-refractivity contribution in [3.8, 4) is 5.75 Å². The zero-order chi connectivity index (χ0) is 13.8. The molecule has 4 nitrogen and oxygen atoms in total. The van der Waals surface area contributed by atoms with Crippen LogP contribution in [0.15, 0.2) is 18.2 Å². The summed E-state index contributed by atoms with van der Waals surface area (Å²) in [6.07, 6.45) is 1.46. The Labute approximate surface area is 111 Å². The first kappa shape index (κ1) is 13.5. The van der Waals surface area contributed by atoms with Crippen LogP contribution in [0.2, 0.25) is 0 Å². The van der Waals surface area contributed by atoms with Crippen LogP contribution in [0.1, 0.15) is 24.8 Å². The molecule has 1 heterocycles. The van der Waals surface area contributed by atoms with Gasteiger partial charge in [-0.2, -0.15) is 0 Å². The molecule has 0 atom stereocenters. The highest BCUT2D eigenvalue weighted by molar-refractivity contribution is 5.79. The van der Waals surface area contributed by atoms with Crippen LogP contribution in [0.5, 0.6) is 5.75 Å².